The molecular weight excluding hydrogens is 338 g/mol. The lowest BCUT2D eigenvalue weighted by Gasteiger charge is -2.27. The highest BCUT2D eigenvalue weighted by Crippen LogP contribution is 2.41. The predicted molar refractivity (Wildman–Crippen MR) is 84.0 cm³/mol. The number of nitro benzene ring substituents is 1. The monoisotopic (exact) mass is 357 g/mol. The van der Waals surface area contributed by atoms with Gasteiger partial charge in [-0.1, -0.05) is 22.0 Å². The summed E-state index contributed by atoms with van der Waals surface area (Å²) in [6, 6.07) is 4.92. The fourth-order valence-electron chi connectivity index (χ4n) is 2.74. The number of hydrogen-bond acceptors (Lipinski definition) is 4. The van der Waals surface area contributed by atoms with Crippen LogP contribution in [0, 0.1) is 10.1 Å². The van der Waals surface area contributed by atoms with E-state index in [0.29, 0.717) is 17.5 Å². The number of halogens is 1. The van der Waals surface area contributed by atoms with Crippen molar-refractivity contribution in [2.45, 2.75) is 56.8 Å². The summed E-state index contributed by atoms with van der Waals surface area (Å²) in [7, 11) is 0. The average Bonchev–Trinajstić information content (AvgIpc) is 2.56. The lowest BCUT2D eigenvalue weighted by atomic mass is 9.97. The molecule has 21 heavy (non-hydrogen) atoms. The SMILES string of the molecule is CC1(C)CC(Oc2cc(CBr)ccc2[N+](=O)[O-])C(C)(C)O1. The van der Waals surface area contributed by atoms with Crippen molar-refractivity contribution >= 4 is 21.6 Å². The van der Waals surface area contributed by atoms with Crippen molar-refractivity contribution < 1.29 is 14.4 Å². The summed E-state index contributed by atoms with van der Waals surface area (Å²) >= 11 is 3.36. The number of nitro groups is 1. The first-order chi connectivity index (χ1) is 9.64. The summed E-state index contributed by atoms with van der Waals surface area (Å²) in [5.41, 5.74) is 0.143. The zero-order valence-electron chi connectivity index (χ0n) is 12.7. The van der Waals surface area contributed by atoms with Crippen molar-refractivity contribution in [2.24, 2.45) is 0 Å². The van der Waals surface area contributed by atoms with E-state index >= 15 is 0 Å². The van der Waals surface area contributed by atoms with Crippen molar-refractivity contribution in [3.05, 3.63) is 33.9 Å². The van der Waals surface area contributed by atoms with Gasteiger partial charge in [-0.3, -0.25) is 10.1 Å². The molecule has 5 nitrogen and oxygen atoms in total. The fraction of sp³-hybridized carbons (Fsp3) is 0.600. The van der Waals surface area contributed by atoms with E-state index in [1.165, 1.54) is 6.07 Å². The van der Waals surface area contributed by atoms with Gasteiger partial charge in [0.15, 0.2) is 5.75 Å². The predicted octanol–water partition coefficient (Wildman–Crippen LogP) is 4.21. The number of ether oxygens (including phenoxy) is 2. The van der Waals surface area contributed by atoms with Gasteiger partial charge >= 0.3 is 5.69 Å². The van der Waals surface area contributed by atoms with Crippen LogP contribution >= 0.6 is 15.9 Å². The van der Waals surface area contributed by atoms with Crippen LogP contribution in [0.2, 0.25) is 0 Å². The van der Waals surface area contributed by atoms with Crippen LogP contribution in [-0.4, -0.2) is 22.2 Å². The summed E-state index contributed by atoms with van der Waals surface area (Å²) in [4.78, 5) is 10.8. The summed E-state index contributed by atoms with van der Waals surface area (Å²) in [5, 5.41) is 11.8. The van der Waals surface area contributed by atoms with E-state index in [2.05, 4.69) is 15.9 Å². The van der Waals surface area contributed by atoms with E-state index in [9.17, 15) is 10.1 Å². The smallest absolute Gasteiger partial charge is 0.310 e. The molecule has 1 aliphatic rings. The van der Waals surface area contributed by atoms with Crippen molar-refractivity contribution in [1.82, 2.24) is 0 Å². The van der Waals surface area contributed by atoms with Gasteiger partial charge in [-0.15, -0.1) is 0 Å². The Morgan fingerprint density at radius 3 is 2.57 bits per heavy atom. The fourth-order valence-corrected chi connectivity index (χ4v) is 3.08. The number of benzene rings is 1. The zero-order valence-corrected chi connectivity index (χ0v) is 14.3. The molecule has 1 aromatic rings. The number of nitrogens with zero attached hydrogens (tertiary/aromatic N) is 1. The number of hydrogen-bond donors (Lipinski definition) is 0. The first-order valence-corrected chi connectivity index (χ1v) is 7.97. The second kappa shape index (κ2) is 5.57. The second-order valence-corrected chi connectivity index (χ2v) is 7.03. The molecule has 0 radical (unpaired) electrons. The topological polar surface area (TPSA) is 61.6 Å². The van der Waals surface area contributed by atoms with Gasteiger partial charge in [0, 0.05) is 17.8 Å². The number of alkyl halides is 1. The Bertz CT molecular complexity index is 557. The van der Waals surface area contributed by atoms with Crippen LogP contribution in [0.4, 0.5) is 5.69 Å². The minimum atomic E-state index is -0.484. The minimum absolute atomic E-state index is 0.0137. The van der Waals surface area contributed by atoms with Crippen molar-refractivity contribution in [3.63, 3.8) is 0 Å². The Kier molecular flexibility index (Phi) is 4.31. The first kappa shape index (κ1) is 16.2. The van der Waals surface area contributed by atoms with E-state index in [1.54, 1.807) is 12.1 Å². The molecule has 116 valence electrons. The molecule has 0 amide bonds. The van der Waals surface area contributed by atoms with Gasteiger partial charge in [-0.2, -0.15) is 0 Å². The van der Waals surface area contributed by atoms with Crippen LogP contribution in [0.1, 0.15) is 39.7 Å². The molecule has 2 rings (SSSR count). The molecule has 0 aromatic heterocycles. The molecule has 1 aromatic carbocycles. The van der Waals surface area contributed by atoms with Crippen LogP contribution in [-0.2, 0) is 10.1 Å². The normalized spacial score (nSPS) is 23.0. The Morgan fingerprint density at radius 2 is 2.10 bits per heavy atom. The molecule has 1 unspecified atom stereocenters. The van der Waals surface area contributed by atoms with Gasteiger partial charge in [0.1, 0.15) is 11.7 Å². The lowest BCUT2D eigenvalue weighted by Crippen LogP contribution is -2.36. The largest absolute Gasteiger partial charge is 0.480 e. The quantitative estimate of drug-likeness (QED) is 0.459. The maximum atomic E-state index is 11.2. The van der Waals surface area contributed by atoms with Gasteiger partial charge in [0.25, 0.3) is 0 Å². The van der Waals surface area contributed by atoms with Gasteiger partial charge in [0.05, 0.1) is 10.5 Å². The van der Waals surface area contributed by atoms with E-state index in [-0.39, 0.29) is 17.4 Å². The molecule has 0 N–H and O–H groups in total. The lowest BCUT2D eigenvalue weighted by molar-refractivity contribution is -0.386. The molecule has 1 fully saturated rings. The minimum Gasteiger partial charge on any atom is -0.480 e. The van der Waals surface area contributed by atoms with Crippen LogP contribution in [0.15, 0.2) is 18.2 Å². The standard InChI is InChI=1S/C15H20BrNO4/c1-14(2)8-13(15(3,4)21-14)20-12-7-10(9-16)5-6-11(12)17(18)19/h5-7,13H,8-9H2,1-4H3. The molecule has 0 spiro atoms. The van der Waals surface area contributed by atoms with Gasteiger partial charge in [-0.25, -0.2) is 0 Å². The molecular formula is C15H20BrNO4. The molecule has 0 bridgehead atoms. The van der Waals surface area contributed by atoms with E-state index in [1.807, 2.05) is 27.7 Å². The van der Waals surface area contributed by atoms with Crippen molar-refractivity contribution in [2.75, 3.05) is 0 Å². The summed E-state index contributed by atoms with van der Waals surface area (Å²) in [6.07, 6.45) is 0.465. The van der Waals surface area contributed by atoms with Crippen LogP contribution in [0.5, 0.6) is 5.75 Å². The second-order valence-electron chi connectivity index (χ2n) is 6.47. The summed E-state index contributed by atoms with van der Waals surface area (Å²) < 4.78 is 11.9. The Hall–Kier alpha value is -1.14. The first-order valence-electron chi connectivity index (χ1n) is 6.85. The molecule has 6 heteroatoms. The molecule has 1 heterocycles. The van der Waals surface area contributed by atoms with Crippen LogP contribution < -0.4 is 4.74 Å². The van der Waals surface area contributed by atoms with Gasteiger partial charge in [-0.05, 0) is 39.3 Å². The third kappa shape index (κ3) is 3.55. The van der Waals surface area contributed by atoms with Gasteiger partial charge in [0.2, 0.25) is 0 Å². The zero-order chi connectivity index (χ0) is 15.8. The highest BCUT2D eigenvalue weighted by Gasteiger charge is 2.48. The molecule has 0 saturated carbocycles. The Balaban J connectivity index is 2.32. The van der Waals surface area contributed by atoms with Crippen molar-refractivity contribution in [1.29, 1.82) is 0 Å². The van der Waals surface area contributed by atoms with Crippen molar-refractivity contribution in [3.8, 4) is 5.75 Å². The third-order valence-electron chi connectivity index (χ3n) is 3.64. The number of rotatable bonds is 4. The molecule has 1 atom stereocenters. The van der Waals surface area contributed by atoms with E-state index in [4.69, 9.17) is 9.47 Å². The molecule has 1 saturated heterocycles. The summed E-state index contributed by atoms with van der Waals surface area (Å²) in [6.45, 7) is 7.90. The maximum Gasteiger partial charge on any atom is 0.310 e. The Morgan fingerprint density at radius 1 is 1.43 bits per heavy atom. The molecule has 1 aliphatic heterocycles. The van der Waals surface area contributed by atoms with Crippen LogP contribution in [0.25, 0.3) is 0 Å². The highest BCUT2D eigenvalue weighted by atomic mass is 79.9. The highest BCUT2D eigenvalue weighted by molar-refractivity contribution is 9.08. The Labute approximate surface area is 132 Å². The summed E-state index contributed by atoms with van der Waals surface area (Å²) in [5.74, 6) is 0.302. The van der Waals surface area contributed by atoms with E-state index in [0.717, 1.165) is 5.56 Å². The van der Waals surface area contributed by atoms with Crippen LogP contribution in [0.3, 0.4) is 0 Å². The molecule has 0 aliphatic carbocycles. The maximum absolute atomic E-state index is 11.2. The van der Waals surface area contributed by atoms with E-state index < -0.39 is 10.5 Å². The third-order valence-corrected chi connectivity index (χ3v) is 4.28. The van der Waals surface area contributed by atoms with Gasteiger partial charge < -0.3 is 9.47 Å². The average molecular weight is 358 g/mol.